The Labute approximate surface area is 104 Å². The van der Waals surface area contributed by atoms with Gasteiger partial charge < -0.3 is 10.4 Å². The largest absolute Gasteiger partial charge is 0.387 e. The van der Waals surface area contributed by atoms with Gasteiger partial charge in [0.25, 0.3) is 0 Å². The smallest absolute Gasteiger partial charge is 0.0919 e. The standard InChI is InChI=1S/C15H23NO/c1-9-7-10(2)12(4)15(11(9)3)14(17)8-16-13-5-6-13/h7,13-14,16-17H,5-6,8H2,1-4H3. The molecule has 1 saturated carbocycles. The first-order chi connectivity index (χ1) is 8.00. The van der Waals surface area contributed by atoms with Gasteiger partial charge in [0.1, 0.15) is 0 Å². The highest BCUT2D eigenvalue weighted by Crippen LogP contribution is 2.28. The van der Waals surface area contributed by atoms with E-state index >= 15 is 0 Å². The third-order valence-electron chi connectivity index (χ3n) is 3.93. The Morgan fingerprint density at radius 1 is 1.18 bits per heavy atom. The molecule has 0 bridgehead atoms. The second-order valence-corrected chi connectivity index (χ2v) is 5.37. The molecule has 0 heterocycles. The van der Waals surface area contributed by atoms with Crippen LogP contribution in [-0.4, -0.2) is 17.7 Å². The monoisotopic (exact) mass is 233 g/mol. The molecule has 1 aliphatic carbocycles. The molecule has 2 heteroatoms. The number of rotatable bonds is 4. The lowest BCUT2D eigenvalue weighted by Crippen LogP contribution is -2.24. The molecule has 2 nitrogen and oxygen atoms in total. The van der Waals surface area contributed by atoms with Gasteiger partial charge in [0.2, 0.25) is 0 Å². The minimum Gasteiger partial charge on any atom is -0.387 e. The fraction of sp³-hybridized carbons (Fsp3) is 0.600. The average molecular weight is 233 g/mol. The van der Waals surface area contributed by atoms with Crippen molar-refractivity contribution in [3.63, 3.8) is 0 Å². The van der Waals surface area contributed by atoms with Crippen LogP contribution >= 0.6 is 0 Å². The van der Waals surface area contributed by atoms with Crippen molar-refractivity contribution in [2.75, 3.05) is 6.54 Å². The van der Waals surface area contributed by atoms with Gasteiger partial charge in [-0.25, -0.2) is 0 Å². The van der Waals surface area contributed by atoms with E-state index in [0.717, 1.165) is 5.56 Å². The van der Waals surface area contributed by atoms with Crippen molar-refractivity contribution in [3.8, 4) is 0 Å². The third-order valence-corrected chi connectivity index (χ3v) is 3.93. The van der Waals surface area contributed by atoms with Crippen molar-refractivity contribution in [1.82, 2.24) is 5.32 Å². The Morgan fingerprint density at radius 3 is 2.18 bits per heavy atom. The predicted octanol–water partition coefficient (Wildman–Crippen LogP) is 2.71. The van der Waals surface area contributed by atoms with Gasteiger partial charge in [0.15, 0.2) is 0 Å². The maximum atomic E-state index is 10.3. The van der Waals surface area contributed by atoms with E-state index in [1.165, 1.54) is 35.1 Å². The average Bonchev–Trinajstić information content (AvgIpc) is 3.08. The molecule has 2 N–H and O–H groups in total. The summed E-state index contributed by atoms with van der Waals surface area (Å²) in [5.41, 5.74) is 6.13. The molecule has 2 rings (SSSR count). The molecule has 1 fully saturated rings. The summed E-state index contributed by atoms with van der Waals surface area (Å²) in [5.74, 6) is 0. The van der Waals surface area contributed by atoms with Gasteiger partial charge in [-0.05, 0) is 68.4 Å². The van der Waals surface area contributed by atoms with Crippen molar-refractivity contribution in [1.29, 1.82) is 0 Å². The maximum Gasteiger partial charge on any atom is 0.0919 e. The van der Waals surface area contributed by atoms with Crippen molar-refractivity contribution < 1.29 is 5.11 Å². The number of hydrogen-bond acceptors (Lipinski definition) is 2. The molecule has 0 spiro atoms. The van der Waals surface area contributed by atoms with Crippen LogP contribution in [0.15, 0.2) is 6.07 Å². The predicted molar refractivity (Wildman–Crippen MR) is 71.4 cm³/mol. The summed E-state index contributed by atoms with van der Waals surface area (Å²) >= 11 is 0. The van der Waals surface area contributed by atoms with E-state index in [4.69, 9.17) is 0 Å². The molecule has 0 aliphatic heterocycles. The number of aliphatic hydroxyl groups is 1. The summed E-state index contributed by atoms with van der Waals surface area (Å²) < 4.78 is 0. The Kier molecular flexibility index (Phi) is 3.55. The molecule has 1 atom stereocenters. The highest BCUT2D eigenvalue weighted by molar-refractivity contribution is 5.45. The van der Waals surface area contributed by atoms with Crippen LogP contribution in [-0.2, 0) is 0 Å². The van der Waals surface area contributed by atoms with Crippen LogP contribution < -0.4 is 5.32 Å². The molecule has 17 heavy (non-hydrogen) atoms. The molecule has 0 aromatic heterocycles. The highest BCUT2D eigenvalue weighted by atomic mass is 16.3. The minimum absolute atomic E-state index is 0.380. The summed E-state index contributed by atoms with van der Waals surface area (Å²) in [6.07, 6.45) is 2.14. The van der Waals surface area contributed by atoms with Crippen molar-refractivity contribution in [2.24, 2.45) is 0 Å². The highest BCUT2D eigenvalue weighted by Gasteiger charge is 2.23. The van der Waals surface area contributed by atoms with Gasteiger partial charge in [-0.2, -0.15) is 0 Å². The summed E-state index contributed by atoms with van der Waals surface area (Å²) in [5, 5.41) is 13.7. The second kappa shape index (κ2) is 4.79. The zero-order valence-electron chi connectivity index (χ0n) is 11.3. The quantitative estimate of drug-likeness (QED) is 0.838. The second-order valence-electron chi connectivity index (χ2n) is 5.37. The molecule has 1 unspecified atom stereocenters. The van der Waals surface area contributed by atoms with E-state index in [0.29, 0.717) is 12.6 Å². The van der Waals surface area contributed by atoms with E-state index in [1.54, 1.807) is 0 Å². The molecule has 0 saturated heterocycles. The Bertz CT molecular complexity index is 395. The number of aryl methyl sites for hydroxylation is 2. The first-order valence-electron chi connectivity index (χ1n) is 6.49. The van der Waals surface area contributed by atoms with Crippen LogP contribution in [0, 0.1) is 27.7 Å². The Balaban J connectivity index is 2.22. The van der Waals surface area contributed by atoms with E-state index < -0.39 is 0 Å². The number of hydrogen-bond donors (Lipinski definition) is 2. The summed E-state index contributed by atoms with van der Waals surface area (Å²) in [6.45, 7) is 9.13. The van der Waals surface area contributed by atoms with Gasteiger partial charge >= 0.3 is 0 Å². The van der Waals surface area contributed by atoms with Crippen LogP contribution in [0.1, 0.15) is 46.8 Å². The van der Waals surface area contributed by atoms with Gasteiger partial charge in [-0.3, -0.25) is 0 Å². The molecule has 0 amide bonds. The van der Waals surface area contributed by atoms with E-state index in [2.05, 4.69) is 39.1 Å². The maximum absolute atomic E-state index is 10.3. The Morgan fingerprint density at radius 2 is 1.71 bits per heavy atom. The van der Waals surface area contributed by atoms with Gasteiger partial charge in [-0.1, -0.05) is 6.07 Å². The topological polar surface area (TPSA) is 32.3 Å². The SMILES string of the molecule is Cc1cc(C)c(C)c(C(O)CNC2CC2)c1C. The first-order valence-corrected chi connectivity index (χ1v) is 6.49. The molecule has 1 aliphatic rings. The van der Waals surface area contributed by atoms with E-state index in [-0.39, 0.29) is 6.10 Å². The molecule has 1 aromatic carbocycles. The van der Waals surface area contributed by atoms with Gasteiger partial charge in [-0.15, -0.1) is 0 Å². The third kappa shape index (κ3) is 2.70. The summed E-state index contributed by atoms with van der Waals surface area (Å²) in [4.78, 5) is 0. The number of aliphatic hydroxyl groups excluding tert-OH is 1. The summed E-state index contributed by atoms with van der Waals surface area (Å²) in [6, 6.07) is 2.85. The van der Waals surface area contributed by atoms with Gasteiger partial charge in [0, 0.05) is 12.6 Å². The fourth-order valence-corrected chi connectivity index (χ4v) is 2.42. The van der Waals surface area contributed by atoms with Crippen molar-refractivity contribution >= 4 is 0 Å². The van der Waals surface area contributed by atoms with Crippen LogP contribution in [0.4, 0.5) is 0 Å². The van der Waals surface area contributed by atoms with Gasteiger partial charge in [0.05, 0.1) is 6.10 Å². The zero-order valence-corrected chi connectivity index (χ0v) is 11.3. The normalized spacial score (nSPS) is 17.2. The lowest BCUT2D eigenvalue weighted by atomic mass is 9.91. The zero-order chi connectivity index (χ0) is 12.6. The lowest BCUT2D eigenvalue weighted by Gasteiger charge is -2.20. The first kappa shape index (κ1) is 12.6. The summed E-state index contributed by atoms with van der Waals surface area (Å²) in [7, 11) is 0. The Hall–Kier alpha value is -0.860. The molecule has 1 aromatic rings. The number of benzene rings is 1. The van der Waals surface area contributed by atoms with Crippen molar-refractivity contribution in [3.05, 3.63) is 33.9 Å². The van der Waals surface area contributed by atoms with Crippen LogP contribution in [0.2, 0.25) is 0 Å². The molecule has 94 valence electrons. The minimum atomic E-state index is -0.380. The van der Waals surface area contributed by atoms with E-state index in [1.807, 2.05) is 0 Å². The van der Waals surface area contributed by atoms with Crippen molar-refractivity contribution in [2.45, 2.75) is 52.7 Å². The lowest BCUT2D eigenvalue weighted by molar-refractivity contribution is 0.172. The molecule has 0 radical (unpaired) electrons. The van der Waals surface area contributed by atoms with E-state index in [9.17, 15) is 5.11 Å². The molecular weight excluding hydrogens is 210 g/mol. The van der Waals surface area contributed by atoms with Crippen LogP contribution in [0.25, 0.3) is 0 Å². The fourth-order valence-electron chi connectivity index (χ4n) is 2.42. The van der Waals surface area contributed by atoms with Crippen LogP contribution in [0.3, 0.4) is 0 Å². The number of nitrogens with one attached hydrogen (secondary N) is 1. The molecular formula is C15H23NO. The van der Waals surface area contributed by atoms with Crippen LogP contribution in [0.5, 0.6) is 0 Å².